The maximum Gasteiger partial charge on any atom is 0.183 e. The number of rotatable bonds is 3. The molecule has 0 amide bonds. The minimum atomic E-state index is -0.204. The monoisotopic (exact) mass is 222 g/mol. The molecule has 4 heteroatoms. The molecule has 78 valence electrons. The molecule has 0 fully saturated rings. The van der Waals surface area contributed by atoms with Crippen LogP contribution in [-0.2, 0) is 6.54 Å². The van der Waals surface area contributed by atoms with Gasteiger partial charge in [-0.05, 0) is 24.6 Å². The second kappa shape index (κ2) is 4.40. The Morgan fingerprint density at radius 1 is 1.47 bits per heavy atom. The molecule has 15 heavy (non-hydrogen) atoms. The van der Waals surface area contributed by atoms with Gasteiger partial charge in [-0.15, -0.1) is 11.3 Å². The molecule has 0 atom stereocenters. The van der Waals surface area contributed by atoms with Crippen molar-refractivity contribution in [2.24, 2.45) is 0 Å². The van der Waals surface area contributed by atoms with Crippen LogP contribution in [0, 0.1) is 12.7 Å². The number of aryl methyl sites for hydroxylation is 1. The fourth-order valence-corrected chi connectivity index (χ4v) is 1.95. The molecule has 0 bridgehead atoms. The summed E-state index contributed by atoms with van der Waals surface area (Å²) in [6.45, 7) is 2.55. The first-order valence-electron chi connectivity index (χ1n) is 4.64. The van der Waals surface area contributed by atoms with E-state index < -0.39 is 0 Å². The summed E-state index contributed by atoms with van der Waals surface area (Å²) in [5.74, 6) is -0.204. The topological polar surface area (TPSA) is 24.9 Å². The maximum atomic E-state index is 12.9. The summed E-state index contributed by atoms with van der Waals surface area (Å²) >= 11 is 1.56. The maximum absolute atomic E-state index is 12.9. The highest BCUT2D eigenvalue weighted by atomic mass is 32.1. The molecule has 1 heterocycles. The Kier molecular flexibility index (Phi) is 2.97. The minimum Gasteiger partial charge on any atom is -0.357 e. The van der Waals surface area contributed by atoms with E-state index in [-0.39, 0.29) is 5.82 Å². The molecule has 0 unspecified atom stereocenters. The van der Waals surface area contributed by atoms with Crippen LogP contribution in [0.3, 0.4) is 0 Å². The lowest BCUT2D eigenvalue weighted by Gasteiger charge is -2.02. The fourth-order valence-electron chi connectivity index (χ4n) is 1.26. The van der Waals surface area contributed by atoms with Crippen molar-refractivity contribution in [3.63, 3.8) is 0 Å². The molecule has 2 aromatic rings. The van der Waals surface area contributed by atoms with Gasteiger partial charge in [0.05, 0.1) is 5.69 Å². The van der Waals surface area contributed by atoms with Gasteiger partial charge in [0.25, 0.3) is 0 Å². The first kappa shape index (κ1) is 10.1. The Balaban J connectivity index is 1.99. The first-order chi connectivity index (χ1) is 7.24. The van der Waals surface area contributed by atoms with Crippen LogP contribution in [0.1, 0.15) is 11.3 Å². The van der Waals surface area contributed by atoms with Crippen LogP contribution in [0.15, 0.2) is 29.6 Å². The number of hydrogen-bond donors (Lipinski definition) is 1. The molecule has 0 aliphatic heterocycles. The molecule has 1 aromatic heterocycles. The van der Waals surface area contributed by atoms with E-state index in [1.807, 2.05) is 18.4 Å². The van der Waals surface area contributed by atoms with Crippen molar-refractivity contribution in [2.45, 2.75) is 13.5 Å². The van der Waals surface area contributed by atoms with E-state index >= 15 is 0 Å². The Labute approximate surface area is 91.8 Å². The molecule has 1 aromatic carbocycles. The molecular weight excluding hydrogens is 211 g/mol. The lowest BCUT2D eigenvalue weighted by Crippen LogP contribution is -1.99. The van der Waals surface area contributed by atoms with Gasteiger partial charge < -0.3 is 5.32 Å². The summed E-state index contributed by atoms with van der Waals surface area (Å²) in [5.41, 5.74) is 1.92. The normalized spacial score (nSPS) is 10.3. The summed E-state index contributed by atoms with van der Waals surface area (Å²) < 4.78 is 12.9. The summed E-state index contributed by atoms with van der Waals surface area (Å²) in [4.78, 5) is 4.26. The first-order valence-corrected chi connectivity index (χ1v) is 5.52. The van der Waals surface area contributed by atoms with Crippen LogP contribution in [0.2, 0.25) is 0 Å². The average Bonchev–Trinajstić information content (AvgIpc) is 2.62. The Hall–Kier alpha value is -1.42. The lowest BCUT2D eigenvalue weighted by atomic mass is 10.2. The molecule has 0 saturated heterocycles. The van der Waals surface area contributed by atoms with Gasteiger partial charge in [-0.2, -0.15) is 0 Å². The van der Waals surface area contributed by atoms with Crippen molar-refractivity contribution in [2.75, 3.05) is 5.32 Å². The highest BCUT2D eigenvalue weighted by Gasteiger charge is 1.98. The number of nitrogens with one attached hydrogen (secondary N) is 1. The number of hydrogen-bond acceptors (Lipinski definition) is 3. The number of benzene rings is 1. The van der Waals surface area contributed by atoms with Gasteiger partial charge in [-0.25, -0.2) is 9.37 Å². The molecule has 0 aliphatic carbocycles. The van der Waals surface area contributed by atoms with Crippen LogP contribution in [-0.4, -0.2) is 4.98 Å². The van der Waals surface area contributed by atoms with Gasteiger partial charge >= 0.3 is 0 Å². The molecular formula is C11H11FN2S. The SMILES string of the molecule is Cc1csc(NCc2cccc(F)c2)n1. The molecule has 0 spiro atoms. The van der Waals surface area contributed by atoms with Crippen molar-refractivity contribution in [1.29, 1.82) is 0 Å². The van der Waals surface area contributed by atoms with Gasteiger partial charge in [0, 0.05) is 11.9 Å². The molecule has 2 nitrogen and oxygen atoms in total. The second-order valence-corrected chi connectivity index (χ2v) is 4.14. The molecule has 1 N–H and O–H groups in total. The van der Waals surface area contributed by atoms with E-state index in [4.69, 9.17) is 0 Å². The van der Waals surface area contributed by atoms with Crippen LogP contribution < -0.4 is 5.32 Å². The molecule has 2 rings (SSSR count). The second-order valence-electron chi connectivity index (χ2n) is 3.28. The summed E-state index contributed by atoms with van der Waals surface area (Å²) in [7, 11) is 0. The van der Waals surface area contributed by atoms with E-state index in [2.05, 4.69) is 10.3 Å². The number of thiazole rings is 1. The number of aromatic nitrogens is 1. The number of halogens is 1. The zero-order chi connectivity index (χ0) is 10.7. The van der Waals surface area contributed by atoms with Crippen molar-refractivity contribution >= 4 is 16.5 Å². The third-order valence-corrected chi connectivity index (χ3v) is 2.87. The quantitative estimate of drug-likeness (QED) is 0.862. The zero-order valence-corrected chi connectivity index (χ0v) is 9.14. The highest BCUT2D eigenvalue weighted by molar-refractivity contribution is 7.13. The Morgan fingerprint density at radius 2 is 2.33 bits per heavy atom. The van der Waals surface area contributed by atoms with Gasteiger partial charge in [0.15, 0.2) is 5.13 Å². The van der Waals surface area contributed by atoms with Crippen molar-refractivity contribution in [3.8, 4) is 0 Å². The van der Waals surface area contributed by atoms with Crippen LogP contribution in [0.25, 0.3) is 0 Å². The van der Waals surface area contributed by atoms with Crippen molar-refractivity contribution < 1.29 is 4.39 Å². The zero-order valence-electron chi connectivity index (χ0n) is 8.33. The minimum absolute atomic E-state index is 0.204. The summed E-state index contributed by atoms with van der Waals surface area (Å²) in [5, 5.41) is 6.00. The largest absolute Gasteiger partial charge is 0.357 e. The predicted molar refractivity (Wildman–Crippen MR) is 60.6 cm³/mol. The van der Waals surface area contributed by atoms with E-state index in [0.717, 1.165) is 16.4 Å². The van der Waals surface area contributed by atoms with E-state index in [0.29, 0.717) is 6.54 Å². The van der Waals surface area contributed by atoms with Gasteiger partial charge in [-0.3, -0.25) is 0 Å². The number of anilines is 1. The van der Waals surface area contributed by atoms with Crippen LogP contribution in [0.4, 0.5) is 9.52 Å². The smallest absolute Gasteiger partial charge is 0.183 e. The Morgan fingerprint density at radius 3 is 3.00 bits per heavy atom. The third-order valence-electron chi connectivity index (χ3n) is 1.95. The van der Waals surface area contributed by atoms with Crippen LogP contribution >= 0.6 is 11.3 Å². The van der Waals surface area contributed by atoms with Crippen molar-refractivity contribution in [1.82, 2.24) is 4.98 Å². The lowest BCUT2D eigenvalue weighted by molar-refractivity contribution is 0.626. The highest BCUT2D eigenvalue weighted by Crippen LogP contribution is 2.15. The number of nitrogens with zero attached hydrogens (tertiary/aromatic N) is 1. The summed E-state index contributed by atoms with van der Waals surface area (Å²) in [6.07, 6.45) is 0. The van der Waals surface area contributed by atoms with Gasteiger partial charge in [0.1, 0.15) is 5.82 Å². The fraction of sp³-hybridized carbons (Fsp3) is 0.182. The molecule has 0 radical (unpaired) electrons. The van der Waals surface area contributed by atoms with E-state index in [1.54, 1.807) is 17.4 Å². The van der Waals surface area contributed by atoms with E-state index in [9.17, 15) is 4.39 Å². The van der Waals surface area contributed by atoms with Gasteiger partial charge in [-0.1, -0.05) is 12.1 Å². The molecule has 0 saturated carbocycles. The average molecular weight is 222 g/mol. The standard InChI is InChI=1S/C11H11FN2S/c1-8-7-15-11(14-8)13-6-9-3-2-4-10(12)5-9/h2-5,7H,6H2,1H3,(H,13,14). The van der Waals surface area contributed by atoms with Crippen molar-refractivity contribution in [3.05, 3.63) is 46.7 Å². The molecule has 0 aliphatic rings. The third kappa shape index (κ3) is 2.76. The summed E-state index contributed by atoms with van der Waals surface area (Å²) in [6, 6.07) is 6.56. The van der Waals surface area contributed by atoms with E-state index in [1.165, 1.54) is 12.1 Å². The predicted octanol–water partition coefficient (Wildman–Crippen LogP) is 3.20. The Bertz CT molecular complexity index is 453. The van der Waals surface area contributed by atoms with Crippen LogP contribution in [0.5, 0.6) is 0 Å². The van der Waals surface area contributed by atoms with Gasteiger partial charge in [0.2, 0.25) is 0 Å².